The van der Waals surface area contributed by atoms with Gasteiger partial charge in [-0.15, -0.1) is 0 Å². The summed E-state index contributed by atoms with van der Waals surface area (Å²) in [7, 11) is 0. The number of nitriles is 1. The van der Waals surface area contributed by atoms with Crippen LogP contribution in [0.3, 0.4) is 0 Å². The van der Waals surface area contributed by atoms with Gasteiger partial charge in [0, 0.05) is 18.1 Å². The zero-order chi connectivity index (χ0) is 14.6. The summed E-state index contributed by atoms with van der Waals surface area (Å²) < 4.78 is 0. The first-order valence-corrected chi connectivity index (χ1v) is 8.45. The third-order valence-corrected chi connectivity index (χ3v) is 5.03. The molecule has 2 atom stereocenters. The van der Waals surface area contributed by atoms with Gasteiger partial charge in [-0.2, -0.15) is 5.26 Å². The van der Waals surface area contributed by atoms with Crippen molar-refractivity contribution in [3.63, 3.8) is 0 Å². The van der Waals surface area contributed by atoms with Crippen molar-refractivity contribution >= 4 is 0 Å². The second kappa shape index (κ2) is 6.91. The maximum atomic E-state index is 9.12. The van der Waals surface area contributed by atoms with Crippen LogP contribution in [0.4, 0.5) is 0 Å². The van der Waals surface area contributed by atoms with Gasteiger partial charge in [0.05, 0.1) is 11.5 Å². The van der Waals surface area contributed by atoms with Crippen LogP contribution >= 0.6 is 0 Å². The fourth-order valence-corrected chi connectivity index (χ4v) is 3.87. The van der Waals surface area contributed by atoms with E-state index in [4.69, 9.17) is 5.26 Å². The van der Waals surface area contributed by atoms with Gasteiger partial charge >= 0.3 is 0 Å². The summed E-state index contributed by atoms with van der Waals surface area (Å²) in [5.74, 6) is 0. The van der Waals surface area contributed by atoms with Crippen molar-refractivity contribution in [1.29, 1.82) is 5.26 Å². The van der Waals surface area contributed by atoms with Crippen LogP contribution in [0.5, 0.6) is 0 Å². The van der Waals surface area contributed by atoms with E-state index < -0.39 is 0 Å². The second-order valence-electron chi connectivity index (χ2n) is 7.40. The van der Waals surface area contributed by atoms with E-state index in [1.54, 1.807) is 0 Å². The highest BCUT2D eigenvalue weighted by Gasteiger charge is 2.35. The minimum atomic E-state index is -0.162. The zero-order valence-corrected chi connectivity index (χ0v) is 13.5. The SMILES string of the molecule is CCCN(CCCC(C)(C)C#N)C1CC2CCC(C1)N2. The van der Waals surface area contributed by atoms with Crippen LogP contribution in [0.1, 0.15) is 65.7 Å². The smallest absolute Gasteiger partial charge is 0.0683 e. The Bertz CT molecular complexity index is 333. The lowest BCUT2D eigenvalue weighted by molar-refractivity contribution is 0.135. The molecule has 2 heterocycles. The van der Waals surface area contributed by atoms with Crippen molar-refractivity contribution in [3.8, 4) is 6.07 Å². The normalized spacial score (nSPS) is 29.6. The standard InChI is InChI=1S/C17H31N3/c1-4-9-20(10-5-8-17(2,3)13-18)16-11-14-6-7-15(12-16)19-14/h14-16,19H,4-12H2,1-3H3. The summed E-state index contributed by atoms with van der Waals surface area (Å²) >= 11 is 0. The third kappa shape index (κ3) is 4.20. The first-order chi connectivity index (χ1) is 9.54. The topological polar surface area (TPSA) is 39.1 Å². The Morgan fingerprint density at radius 2 is 1.85 bits per heavy atom. The van der Waals surface area contributed by atoms with Gasteiger partial charge in [-0.25, -0.2) is 0 Å². The van der Waals surface area contributed by atoms with E-state index in [0.29, 0.717) is 0 Å². The van der Waals surface area contributed by atoms with Gasteiger partial charge in [0.2, 0.25) is 0 Å². The molecule has 0 radical (unpaired) electrons. The number of piperidine rings is 1. The van der Waals surface area contributed by atoms with Crippen LogP contribution in [0, 0.1) is 16.7 Å². The molecule has 2 rings (SSSR count). The lowest BCUT2D eigenvalue weighted by Crippen LogP contribution is -2.48. The molecular weight excluding hydrogens is 246 g/mol. The fraction of sp³-hybridized carbons (Fsp3) is 0.941. The van der Waals surface area contributed by atoms with Gasteiger partial charge in [-0.1, -0.05) is 6.92 Å². The highest BCUT2D eigenvalue weighted by atomic mass is 15.2. The molecule has 3 nitrogen and oxygen atoms in total. The molecule has 3 heteroatoms. The van der Waals surface area contributed by atoms with Gasteiger partial charge < -0.3 is 10.2 Å². The minimum Gasteiger partial charge on any atom is -0.311 e. The van der Waals surface area contributed by atoms with E-state index in [-0.39, 0.29) is 5.41 Å². The van der Waals surface area contributed by atoms with Crippen LogP contribution in [0.25, 0.3) is 0 Å². The predicted octanol–water partition coefficient (Wildman–Crippen LogP) is 3.31. The fourth-order valence-electron chi connectivity index (χ4n) is 3.87. The molecule has 0 amide bonds. The monoisotopic (exact) mass is 277 g/mol. The van der Waals surface area contributed by atoms with Crippen LogP contribution in [0.2, 0.25) is 0 Å². The molecule has 20 heavy (non-hydrogen) atoms. The van der Waals surface area contributed by atoms with Crippen LogP contribution < -0.4 is 5.32 Å². The van der Waals surface area contributed by atoms with E-state index in [1.807, 2.05) is 0 Å². The molecule has 2 unspecified atom stereocenters. The molecule has 0 aliphatic carbocycles. The molecule has 0 aromatic carbocycles. The van der Waals surface area contributed by atoms with E-state index >= 15 is 0 Å². The zero-order valence-electron chi connectivity index (χ0n) is 13.5. The average molecular weight is 277 g/mol. The van der Waals surface area contributed by atoms with Gasteiger partial charge in [0.25, 0.3) is 0 Å². The first-order valence-electron chi connectivity index (χ1n) is 8.45. The molecule has 2 aliphatic rings. The van der Waals surface area contributed by atoms with Crippen LogP contribution in [-0.2, 0) is 0 Å². The summed E-state index contributed by atoms with van der Waals surface area (Å²) in [5.41, 5.74) is -0.162. The van der Waals surface area contributed by atoms with Crippen LogP contribution in [-0.4, -0.2) is 36.1 Å². The molecule has 0 aromatic heterocycles. The molecular formula is C17H31N3. The number of rotatable bonds is 7. The predicted molar refractivity (Wildman–Crippen MR) is 83.5 cm³/mol. The summed E-state index contributed by atoms with van der Waals surface area (Å²) in [5, 5.41) is 12.9. The van der Waals surface area contributed by atoms with Gasteiger partial charge in [0.1, 0.15) is 0 Å². The Balaban J connectivity index is 1.82. The highest BCUT2D eigenvalue weighted by molar-refractivity contribution is 4.96. The highest BCUT2D eigenvalue weighted by Crippen LogP contribution is 2.30. The second-order valence-corrected chi connectivity index (χ2v) is 7.40. The van der Waals surface area contributed by atoms with Crippen molar-refractivity contribution in [2.45, 2.75) is 83.8 Å². The lowest BCUT2D eigenvalue weighted by Gasteiger charge is -2.38. The Labute approximate surface area is 124 Å². The lowest BCUT2D eigenvalue weighted by atomic mass is 9.89. The molecule has 0 saturated carbocycles. The molecule has 0 spiro atoms. The van der Waals surface area contributed by atoms with Crippen molar-refractivity contribution in [2.24, 2.45) is 5.41 Å². The Morgan fingerprint density at radius 3 is 2.40 bits per heavy atom. The van der Waals surface area contributed by atoms with Crippen molar-refractivity contribution < 1.29 is 0 Å². The van der Waals surface area contributed by atoms with Gasteiger partial charge in [-0.05, 0) is 71.9 Å². The largest absolute Gasteiger partial charge is 0.311 e. The summed E-state index contributed by atoms with van der Waals surface area (Å²) in [6, 6.07) is 4.74. The van der Waals surface area contributed by atoms with Crippen molar-refractivity contribution in [2.75, 3.05) is 13.1 Å². The van der Waals surface area contributed by atoms with E-state index in [9.17, 15) is 0 Å². The Kier molecular flexibility index (Phi) is 5.46. The molecule has 2 bridgehead atoms. The first kappa shape index (κ1) is 15.8. The molecule has 2 aliphatic heterocycles. The van der Waals surface area contributed by atoms with Gasteiger partial charge in [-0.3, -0.25) is 0 Å². The Hall–Kier alpha value is -0.590. The maximum absolute atomic E-state index is 9.12. The molecule has 114 valence electrons. The van der Waals surface area contributed by atoms with Crippen molar-refractivity contribution in [3.05, 3.63) is 0 Å². The summed E-state index contributed by atoms with van der Waals surface area (Å²) in [4.78, 5) is 2.71. The van der Waals surface area contributed by atoms with Crippen LogP contribution in [0.15, 0.2) is 0 Å². The Morgan fingerprint density at radius 1 is 1.20 bits per heavy atom. The number of nitrogens with zero attached hydrogens (tertiary/aromatic N) is 2. The van der Waals surface area contributed by atoms with E-state index in [2.05, 4.69) is 37.1 Å². The van der Waals surface area contributed by atoms with Gasteiger partial charge in [0.15, 0.2) is 0 Å². The minimum absolute atomic E-state index is 0.162. The summed E-state index contributed by atoms with van der Waals surface area (Å²) in [6.45, 7) is 8.78. The van der Waals surface area contributed by atoms with E-state index in [0.717, 1.165) is 31.0 Å². The molecule has 1 N–H and O–H groups in total. The third-order valence-electron chi connectivity index (χ3n) is 5.03. The number of fused-ring (bicyclic) bond motifs is 2. The summed E-state index contributed by atoms with van der Waals surface area (Å²) in [6.07, 6.45) is 8.82. The molecule has 2 saturated heterocycles. The number of nitrogens with one attached hydrogen (secondary N) is 1. The number of hydrogen-bond donors (Lipinski definition) is 1. The van der Waals surface area contributed by atoms with Crippen molar-refractivity contribution in [1.82, 2.24) is 10.2 Å². The van der Waals surface area contributed by atoms with E-state index in [1.165, 1.54) is 45.2 Å². The average Bonchev–Trinajstić information content (AvgIpc) is 2.76. The molecule has 0 aromatic rings. The quantitative estimate of drug-likeness (QED) is 0.776. The maximum Gasteiger partial charge on any atom is 0.0683 e. The molecule has 2 fully saturated rings. The number of hydrogen-bond acceptors (Lipinski definition) is 3.